The van der Waals surface area contributed by atoms with E-state index in [4.69, 9.17) is 5.11 Å². The van der Waals surface area contributed by atoms with Gasteiger partial charge in [-0.3, -0.25) is 14.4 Å². The number of aryl methyl sites for hydroxylation is 1. The molecule has 1 saturated heterocycles. The Kier molecular flexibility index (Phi) is 11.2. The number of nitrogens with zero attached hydrogens (tertiary/aromatic N) is 2. The zero-order valence-electron chi connectivity index (χ0n) is 24.3. The fourth-order valence-electron chi connectivity index (χ4n) is 5.00. The first-order chi connectivity index (χ1) is 18.9. The predicted molar refractivity (Wildman–Crippen MR) is 157 cm³/mol. The smallest absolute Gasteiger partial charge is 0.246 e. The number of aromatic nitrogens is 1. The lowest BCUT2D eigenvalue weighted by molar-refractivity contribution is -0.144. The van der Waals surface area contributed by atoms with E-state index in [-0.39, 0.29) is 49.8 Å². The summed E-state index contributed by atoms with van der Waals surface area (Å²) in [6.07, 6.45) is 2.67. The molecule has 0 radical (unpaired) electrons. The number of amides is 3. The molecule has 1 aromatic heterocycles. The predicted octanol–water partition coefficient (Wildman–Crippen LogP) is 3.73. The van der Waals surface area contributed by atoms with Crippen LogP contribution >= 0.6 is 11.3 Å². The topological polar surface area (TPSA) is 132 Å². The van der Waals surface area contributed by atoms with Gasteiger partial charge in [0.15, 0.2) is 0 Å². The Hall–Kier alpha value is -2.82. The quantitative estimate of drug-likeness (QED) is 0.287. The SMILES string of the molecule is Cc1ncsc1-c1ccc([C@H](C)NC(=O)[C@@H]2C[C@@H](O)CN2C(=O)C(NC(=O)CCCCCCO)C(C)(C)C)cc1. The highest BCUT2D eigenvalue weighted by Crippen LogP contribution is 2.29. The van der Waals surface area contributed by atoms with Crippen molar-refractivity contribution >= 4 is 29.1 Å². The zero-order valence-corrected chi connectivity index (χ0v) is 25.1. The molecule has 220 valence electrons. The largest absolute Gasteiger partial charge is 0.396 e. The van der Waals surface area contributed by atoms with Crippen LogP contribution in [0.15, 0.2) is 29.8 Å². The lowest BCUT2D eigenvalue weighted by Gasteiger charge is -2.35. The van der Waals surface area contributed by atoms with Crippen LogP contribution in [0.1, 0.15) is 83.5 Å². The molecule has 1 aliphatic rings. The summed E-state index contributed by atoms with van der Waals surface area (Å²) in [6, 6.07) is 6.00. The van der Waals surface area contributed by atoms with Gasteiger partial charge >= 0.3 is 0 Å². The van der Waals surface area contributed by atoms with E-state index in [1.165, 1.54) is 4.90 Å². The fourth-order valence-corrected chi connectivity index (χ4v) is 5.81. The van der Waals surface area contributed by atoms with Crippen LogP contribution in [0, 0.1) is 12.3 Å². The third-order valence-electron chi connectivity index (χ3n) is 7.37. The summed E-state index contributed by atoms with van der Waals surface area (Å²) in [5.74, 6) is -0.916. The molecule has 40 heavy (non-hydrogen) atoms. The van der Waals surface area contributed by atoms with Gasteiger partial charge in [-0.1, -0.05) is 57.9 Å². The van der Waals surface area contributed by atoms with Crippen molar-refractivity contribution in [1.29, 1.82) is 0 Å². The van der Waals surface area contributed by atoms with Crippen molar-refractivity contribution in [1.82, 2.24) is 20.5 Å². The van der Waals surface area contributed by atoms with Crippen LogP contribution in [0.3, 0.4) is 0 Å². The molecule has 2 aromatic rings. The van der Waals surface area contributed by atoms with Gasteiger partial charge in [0.1, 0.15) is 12.1 Å². The molecule has 3 amide bonds. The zero-order chi connectivity index (χ0) is 29.4. The molecule has 3 rings (SSSR count). The number of likely N-dealkylation sites (tertiary alicyclic amines) is 1. The van der Waals surface area contributed by atoms with Crippen molar-refractivity contribution in [2.24, 2.45) is 5.41 Å². The van der Waals surface area contributed by atoms with Gasteiger partial charge < -0.3 is 25.7 Å². The molecule has 1 aromatic carbocycles. The molecule has 1 unspecified atom stereocenters. The van der Waals surface area contributed by atoms with Gasteiger partial charge in [0, 0.05) is 26.0 Å². The van der Waals surface area contributed by atoms with E-state index in [9.17, 15) is 19.5 Å². The highest BCUT2D eigenvalue weighted by Gasteiger charge is 2.44. The number of benzene rings is 1. The Morgan fingerprint density at radius 2 is 1.77 bits per heavy atom. The number of β-amino-alcohol motifs (C(OH)–C–C–N with tert-alkyl or cyclic N) is 1. The molecule has 0 aliphatic carbocycles. The van der Waals surface area contributed by atoms with Crippen LogP contribution in [0.4, 0.5) is 0 Å². The van der Waals surface area contributed by atoms with Gasteiger partial charge in [-0.25, -0.2) is 4.98 Å². The fraction of sp³-hybridized carbons (Fsp3) is 0.600. The van der Waals surface area contributed by atoms with Crippen molar-refractivity contribution < 1.29 is 24.6 Å². The second kappa shape index (κ2) is 14.2. The van der Waals surface area contributed by atoms with Crippen molar-refractivity contribution in [2.75, 3.05) is 13.2 Å². The number of carbonyl (C=O) groups is 3. The summed E-state index contributed by atoms with van der Waals surface area (Å²) >= 11 is 1.58. The summed E-state index contributed by atoms with van der Waals surface area (Å²) in [7, 11) is 0. The van der Waals surface area contributed by atoms with Gasteiger partial charge in [-0.2, -0.15) is 0 Å². The Morgan fingerprint density at radius 1 is 1.10 bits per heavy atom. The van der Waals surface area contributed by atoms with Crippen LogP contribution < -0.4 is 10.6 Å². The normalized spacial score (nSPS) is 18.8. The molecular formula is C30H44N4O5S. The average Bonchev–Trinajstić information content (AvgIpc) is 3.51. The number of hydrogen-bond acceptors (Lipinski definition) is 7. The Morgan fingerprint density at radius 3 is 2.38 bits per heavy atom. The maximum atomic E-state index is 13.7. The van der Waals surface area contributed by atoms with Crippen LogP contribution in [-0.4, -0.2) is 69.2 Å². The number of aliphatic hydroxyl groups is 2. The first-order valence-electron chi connectivity index (χ1n) is 14.1. The second-order valence-electron chi connectivity index (χ2n) is 11.8. The summed E-state index contributed by atoms with van der Waals surface area (Å²) in [5.41, 5.74) is 4.20. The number of carbonyl (C=O) groups excluding carboxylic acids is 3. The molecule has 0 bridgehead atoms. The molecular weight excluding hydrogens is 528 g/mol. The Labute approximate surface area is 241 Å². The third-order valence-corrected chi connectivity index (χ3v) is 8.35. The molecule has 10 heteroatoms. The van der Waals surface area contributed by atoms with E-state index in [1.807, 2.05) is 64.4 Å². The monoisotopic (exact) mass is 572 g/mol. The number of aliphatic hydroxyl groups excluding tert-OH is 2. The van der Waals surface area contributed by atoms with Crippen LogP contribution in [0.5, 0.6) is 0 Å². The summed E-state index contributed by atoms with van der Waals surface area (Å²) in [5, 5.41) is 25.3. The highest BCUT2D eigenvalue weighted by molar-refractivity contribution is 7.13. The molecule has 2 heterocycles. The van der Waals surface area contributed by atoms with Gasteiger partial charge in [0.05, 0.1) is 28.2 Å². The molecule has 9 nitrogen and oxygen atoms in total. The number of thiazole rings is 1. The summed E-state index contributed by atoms with van der Waals surface area (Å²) in [6.45, 7) is 9.66. The first kappa shape index (κ1) is 31.7. The number of rotatable bonds is 12. The van der Waals surface area contributed by atoms with Crippen molar-refractivity contribution in [3.63, 3.8) is 0 Å². The summed E-state index contributed by atoms with van der Waals surface area (Å²) < 4.78 is 0. The van der Waals surface area contributed by atoms with Gasteiger partial charge in [-0.05, 0) is 43.2 Å². The molecule has 4 N–H and O–H groups in total. The third kappa shape index (κ3) is 8.34. The highest BCUT2D eigenvalue weighted by atomic mass is 32.1. The van der Waals surface area contributed by atoms with Crippen molar-refractivity contribution in [3.05, 3.63) is 41.0 Å². The van der Waals surface area contributed by atoms with E-state index in [0.717, 1.165) is 34.5 Å². The first-order valence-corrected chi connectivity index (χ1v) is 15.0. The molecule has 0 spiro atoms. The van der Waals surface area contributed by atoms with Gasteiger partial charge in [0.2, 0.25) is 17.7 Å². The molecule has 4 atom stereocenters. The minimum absolute atomic E-state index is 0.0395. The standard InChI is InChI=1S/C30H44N4O5S/c1-19(21-11-13-22(14-12-21)26-20(2)31-18-40-26)32-28(38)24-16-23(36)17-34(24)29(39)27(30(3,4)5)33-25(37)10-8-6-7-9-15-35/h11-14,18-19,23-24,27,35-36H,6-10,15-17H2,1-5H3,(H,32,38)(H,33,37)/t19-,23+,24-,27?/m0/s1. The Bertz CT molecular complexity index is 1140. The number of unbranched alkanes of at least 4 members (excludes halogenated alkanes) is 3. The van der Waals surface area contributed by atoms with Crippen molar-refractivity contribution in [3.8, 4) is 10.4 Å². The second-order valence-corrected chi connectivity index (χ2v) is 12.6. The lowest BCUT2D eigenvalue weighted by Crippen LogP contribution is -2.57. The minimum Gasteiger partial charge on any atom is -0.396 e. The molecule has 1 fully saturated rings. The van der Waals surface area contributed by atoms with E-state index in [1.54, 1.807) is 11.3 Å². The average molecular weight is 573 g/mol. The van der Waals surface area contributed by atoms with E-state index in [2.05, 4.69) is 15.6 Å². The number of nitrogens with one attached hydrogen (secondary N) is 2. The maximum absolute atomic E-state index is 13.7. The van der Waals surface area contributed by atoms with Crippen molar-refractivity contribution in [2.45, 2.75) is 97.4 Å². The van der Waals surface area contributed by atoms with E-state index in [0.29, 0.717) is 12.8 Å². The molecule has 0 saturated carbocycles. The Balaban J connectivity index is 1.65. The van der Waals surface area contributed by atoms with Gasteiger partial charge in [-0.15, -0.1) is 11.3 Å². The van der Waals surface area contributed by atoms with E-state index < -0.39 is 23.6 Å². The summed E-state index contributed by atoms with van der Waals surface area (Å²) in [4.78, 5) is 46.6. The number of hydrogen-bond donors (Lipinski definition) is 4. The van der Waals surface area contributed by atoms with Gasteiger partial charge in [0.25, 0.3) is 0 Å². The van der Waals surface area contributed by atoms with Crippen LogP contribution in [-0.2, 0) is 14.4 Å². The maximum Gasteiger partial charge on any atom is 0.246 e. The van der Waals surface area contributed by atoms with Crippen LogP contribution in [0.2, 0.25) is 0 Å². The van der Waals surface area contributed by atoms with Crippen LogP contribution in [0.25, 0.3) is 10.4 Å². The minimum atomic E-state index is -0.835. The van der Waals surface area contributed by atoms with E-state index >= 15 is 0 Å². The molecule has 1 aliphatic heterocycles. The lowest BCUT2D eigenvalue weighted by atomic mass is 9.85.